The van der Waals surface area contributed by atoms with Gasteiger partial charge in [0.05, 0.1) is 19.8 Å². The number of hydrogen-bond donors (Lipinski definition) is 0. The zero-order chi connectivity index (χ0) is 19.0. The summed E-state index contributed by atoms with van der Waals surface area (Å²) < 4.78 is 53.1. The molecule has 2 rings (SSSR count). The molecule has 7 heteroatoms. The maximum atomic E-state index is 15.3. The molecule has 26 heavy (non-hydrogen) atoms. The second-order valence-corrected chi connectivity index (χ2v) is 7.46. The van der Waals surface area contributed by atoms with Crippen LogP contribution in [0.5, 0.6) is 0 Å². The minimum absolute atomic E-state index is 0.0267. The molecule has 0 heterocycles. The second-order valence-electron chi connectivity index (χ2n) is 5.39. The van der Waals surface area contributed by atoms with E-state index >= 15 is 8.78 Å². The van der Waals surface area contributed by atoms with Gasteiger partial charge in [-0.1, -0.05) is 60.7 Å². The molecule has 0 saturated carbocycles. The minimum Gasteiger partial charge on any atom is -0.304 e. The summed E-state index contributed by atoms with van der Waals surface area (Å²) in [6.45, 7) is 2.69. The fourth-order valence-electron chi connectivity index (χ4n) is 2.38. The molecule has 0 aliphatic rings. The van der Waals surface area contributed by atoms with E-state index in [1.807, 2.05) is 6.07 Å². The summed E-state index contributed by atoms with van der Waals surface area (Å²) in [5, 5.41) is 0. The average molecular weight is 381 g/mol. The summed E-state index contributed by atoms with van der Waals surface area (Å²) in [5.74, 6) is 0. The molecule has 0 aliphatic heterocycles. The molecular weight excluding hydrogens is 359 g/mol. The number of rotatable bonds is 9. The van der Waals surface area contributed by atoms with Crippen molar-refractivity contribution in [1.82, 2.24) is 0 Å². The number of alkyl halides is 2. The molecular formula is C19H22F2NO3P. The third-order valence-electron chi connectivity index (χ3n) is 3.54. The molecule has 0 unspecified atom stereocenters. The highest BCUT2D eigenvalue weighted by atomic mass is 31.2. The Morgan fingerprint density at radius 2 is 1.46 bits per heavy atom. The molecule has 0 aliphatic carbocycles. The summed E-state index contributed by atoms with van der Waals surface area (Å²) in [6.07, 6.45) is 0. The van der Waals surface area contributed by atoms with Gasteiger partial charge >= 0.3 is 13.3 Å². The summed E-state index contributed by atoms with van der Waals surface area (Å²) >= 11 is 0. The van der Waals surface area contributed by atoms with Gasteiger partial charge in [-0.05, 0) is 19.4 Å². The van der Waals surface area contributed by atoms with Crippen LogP contribution in [0.4, 0.5) is 8.78 Å². The predicted molar refractivity (Wildman–Crippen MR) is 98.9 cm³/mol. The van der Waals surface area contributed by atoms with Crippen LogP contribution >= 0.6 is 7.60 Å². The van der Waals surface area contributed by atoms with Crippen molar-refractivity contribution in [3.63, 3.8) is 0 Å². The van der Waals surface area contributed by atoms with Crippen LogP contribution in [0.1, 0.15) is 25.0 Å². The van der Waals surface area contributed by atoms with E-state index in [1.54, 1.807) is 42.5 Å². The van der Waals surface area contributed by atoms with E-state index in [4.69, 9.17) is 9.05 Å². The molecule has 0 aromatic heterocycles. The maximum Gasteiger partial charge on any atom is 0.406 e. The topological polar surface area (TPSA) is 47.9 Å². The van der Waals surface area contributed by atoms with E-state index in [0.29, 0.717) is 0 Å². The Hall–Kier alpha value is -1.88. The number of aliphatic imine (C=N–C) groups is 1. The summed E-state index contributed by atoms with van der Waals surface area (Å²) in [4.78, 5) is 4.10. The molecule has 0 atom stereocenters. The fourth-order valence-corrected chi connectivity index (χ4v) is 3.92. The molecule has 0 bridgehead atoms. The van der Waals surface area contributed by atoms with Crippen molar-refractivity contribution in [2.24, 2.45) is 4.99 Å². The Labute approximate surface area is 152 Å². The maximum absolute atomic E-state index is 15.3. The largest absolute Gasteiger partial charge is 0.406 e. The first kappa shape index (κ1) is 20.4. The Balaban J connectivity index is 2.50. The molecule has 140 valence electrons. The van der Waals surface area contributed by atoms with Gasteiger partial charge in [0.1, 0.15) is 5.71 Å². The summed E-state index contributed by atoms with van der Waals surface area (Å²) in [7, 11) is -4.73. The SMILES string of the molecule is CCOP(=O)(OCC)C(F)(F)C(=NCc1ccccc1)c1ccccc1. The molecule has 4 nitrogen and oxygen atoms in total. The Morgan fingerprint density at radius 1 is 0.962 bits per heavy atom. The molecule has 0 spiro atoms. The van der Waals surface area contributed by atoms with Crippen LogP contribution in [0, 0.1) is 0 Å². The van der Waals surface area contributed by atoms with Crippen LogP contribution in [0.25, 0.3) is 0 Å². The van der Waals surface area contributed by atoms with Crippen LogP contribution in [0.2, 0.25) is 0 Å². The number of nitrogens with zero attached hydrogens (tertiary/aromatic N) is 1. The van der Waals surface area contributed by atoms with Crippen molar-refractivity contribution in [3.8, 4) is 0 Å². The van der Waals surface area contributed by atoms with Gasteiger partial charge in [0, 0.05) is 5.56 Å². The minimum atomic E-state index is -4.73. The summed E-state index contributed by atoms with van der Waals surface area (Å²) in [5.41, 5.74) is -3.55. The third kappa shape index (κ3) is 4.64. The van der Waals surface area contributed by atoms with E-state index in [1.165, 1.54) is 26.0 Å². The van der Waals surface area contributed by atoms with Crippen molar-refractivity contribution < 1.29 is 22.4 Å². The molecule has 2 aromatic rings. The van der Waals surface area contributed by atoms with Crippen LogP contribution in [0.3, 0.4) is 0 Å². The quantitative estimate of drug-likeness (QED) is 0.424. The van der Waals surface area contributed by atoms with Crippen molar-refractivity contribution in [2.45, 2.75) is 26.1 Å². The zero-order valence-electron chi connectivity index (χ0n) is 14.8. The first-order valence-electron chi connectivity index (χ1n) is 8.36. The van der Waals surface area contributed by atoms with Gasteiger partial charge < -0.3 is 9.05 Å². The summed E-state index contributed by atoms with van der Waals surface area (Å²) in [6, 6.07) is 17.0. The lowest BCUT2D eigenvalue weighted by Crippen LogP contribution is -2.32. The first-order chi connectivity index (χ1) is 12.4. The number of hydrogen-bond acceptors (Lipinski definition) is 4. The van der Waals surface area contributed by atoms with Crippen LogP contribution in [-0.2, 0) is 20.2 Å². The van der Waals surface area contributed by atoms with Gasteiger partial charge in [0.25, 0.3) is 0 Å². The van der Waals surface area contributed by atoms with Gasteiger partial charge in [0.15, 0.2) is 0 Å². The highest BCUT2D eigenvalue weighted by Gasteiger charge is 2.57. The van der Waals surface area contributed by atoms with Crippen LogP contribution < -0.4 is 0 Å². The molecule has 0 radical (unpaired) electrons. The second kappa shape index (κ2) is 9.17. The van der Waals surface area contributed by atoms with Crippen molar-refractivity contribution in [3.05, 3.63) is 71.8 Å². The lowest BCUT2D eigenvalue weighted by atomic mass is 10.1. The smallest absolute Gasteiger partial charge is 0.304 e. The van der Waals surface area contributed by atoms with Crippen LogP contribution in [-0.4, -0.2) is 24.6 Å². The van der Waals surface area contributed by atoms with Gasteiger partial charge in [-0.15, -0.1) is 0 Å². The van der Waals surface area contributed by atoms with Gasteiger partial charge in [0.2, 0.25) is 0 Å². The number of benzene rings is 2. The lowest BCUT2D eigenvalue weighted by molar-refractivity contribution is 0.0948. The van der Waals surface area contributed by atoms with Crippen LogP contribution in [0.15, 0.2) is 65.7 Å². The number of halogens is 2. The normalized spacial score (nSPS) is 13.0. The molecule has 2 aromatic carbocycles. The van der Waals surface area contributed by atoms with E-state index in [0.717, 1.165) is 5.56 Å². The lowest BCUT2D eigenvalue weighted by Gasteiger charge is -2.27. The Kier molecular flexibility index (Phi) is 7.21. The van der Waals surface area contributed by atoms with E-state index in [2.05, 4.69) is 4.99 Å². The van der Waals surface area contributed by atoms with Gasteiger partial charge in [-0.3, -0.25) is 9.56 Å². The van der Waals surface area contributed by atoms with Crippen molar-refractivity contribution in [2.75, 3.05) is 13.2 Å². The Morgan fingerprint density at radius 3 is 1.96 bits per heavy atom. The van der Waals surface area contributed by atoms with Gasteiger partial charge in [-0.2, -0.15) is 8.78 Å². The standard InChI is InChI=1S/C19H22F2NO3P/c1-3-24-26(23,25-4-2)19(20,21)18(17-13-9-6-10-14-17)22-15-16-11-7-5-8-12-16/h5-14H,3-4,15H2,1-2H3. The van der Waals surface area contributed by atoms with Gasteiger partial charge in [-0.25, -0.2) is 0 Å². The van der Waals surface area contributed by atoms with Crippen molar-refractivity contribution >= 4 is 13.3 Å². The zero-order valence-corrected chi connectivity index (χ0v) is 15.7. The predicted octanol–water partition coefficient (Wildman–Crippen LogP) is 5.53. The molecule has 0 amide bonds. The monoisotopic (exact) mass is 381 g/mol. The van der Waals surface area contributed by atoms with E-state index in [-0.39, 0.29) is 25.3 Å². The molecule has 0 fully saturated rings. The molecule has 0 saturated heterocycles. The highest BCUT2D eigenvalue weighted by molar-refractivity contribution is 7.56. The third-order valence-corrected chi connectivity index (χ3v) is 5.63. The Bertz CT molecular complexity index is 757. The highest BCUT2D eigenvalue weighted by Crippen LogP contribution is 2.63. The average Bonchev–Trinajstić information content (AvgIpc) is 2.64. The van der Waals surface area contributed by atoms with Crippen molar-refractivity contribution in [1.29, 1.82) is 0 Å². The fraction of sp³-hybridized carbons (Fsp3) is 0.316. The van der Waals surface area contributed by atoms with E-state index in [9.17, 15) is 4.57 Å². The van der Waals surface area contributed by atoms with E-state index < -0.39 is 19.0 Å². The molecule has 0 N–H and O–H groups in total. The first-order valence-corrected chi connectivity index (χ1v) is 9.90.